The average molecular weight is 213 g/mol. The molecule has 0 amide bonds. The summed E-state index contributed by atoms with van der Waals surface area (Å²) in [4.78, 5) is 22.2. The Morgan fingerprint density at radius 1 is 1.53 bits per heavy atom. The van der Waals surface area contributed by atoms with Crippen LogP contribution in [0, 0.1) is 0 Å². The minimum absolute atomic E-state index is 0.0460. The lowest BCUT2D eigenvalue weighted by Crippen LogP contribution is -2.34. The molecule has 8 heteroatoms. The predicted octanol–water partition coefficient (Wildman–Crippen LogP) is -1.96. The summed E-state index contributed by atoms with van der Waals surface area (Å²) in [6.45, 7) is 0. The molecule has 0 bridgehead atoms. The van der Waals surface area contributed by atoms with Gasteiger partial charge in [0.25, 0.3) is 5.56 Å². The van der Waals surface area contributed by atoms with E-state index in [2.05, 4.69) is 14.9 Å². The number of nitrogens with two attached hydrogens (primary N) is 2. The number of methoxy groups -OCH3 is 1. The van der Waals surface area contributed by atoms with Gasteiger partial charge in [-0.3, -0.25) is 9.59 Å². The average Bonchev–Trinajstić information content (AvgIpc) is 2.24. The first-order valence-corrected chi connectivity index (χ1v) is 4.12. The van der Waals surface area contributed by atoms with E-state index in [4.69, 9.17) is 11.6 Å². The van der Waals surface area contributed by atoms with Crippen LogP contribution >= 0.6 is 0 Å². The Hall–Kier alpha value is -2.12. The number of esters is 1. The van der Waals surface area contributed by atoms with Gasteiger partial charge in [0.1, 0.15) is 5.69 Å². The SMILES string of the molecule is COC(=O)CCc1nnc(N)n(N)c1=O. The second-order valence-corrected chi connectivity index (χ2v) is 2.76. The number of nitrogens with zero attached hydrogens (tertiary/aromatic N) is 3. The first-order chi connectivity index (χ1) is 7.06. The summed E-state index contributed by atoms with van der Waals surface area (Å²) in [6, 6.07) is 0. The van der Waals surface area contributed by atoms with Crippen LogP contribution in [0.25, 0.3) is 0 Å². The van der Waals surface area contributed by atoms with Gasteiger partial charge in [-0.15, -0.1) is 10.2 Å². The zero-order valence-electron chi connectivity index (χ0n) is 8.14. The van der Waals surface area contributed by atoms with Crippen molar-refractivity contribution in [2.75, 3.05) is 18.7 Å². The molecule has 0 radical (unpaired) electrons. The molecular formula is C7H11N5O3. The molecular weight excluding hydrogens is 202 g/mol. The zero-order valence-corrected chi connectivity index (χ0v) is 8.14. The lowest BCUT2D eigenvalue weighted by Gasteiger charge is -2.03. The van der Waals surface area contributed by atoms with Gasteiger partial charge in [0.2, 0.25) is 5.95 Å². The number of hydrogen-bond donors (Lipinski definition) is 2. The number of rotatable bonds is 3. The van der Waals surface area contributed by atoms with Crippen LogP contribution < -0.4 is 17.1 Å². The Balaban J connectivity index is 2.84. The standard InChI is InChI=1S/C7H11N5O3/c1-15-5(13)3-2-4-6(14)12(9)7(8)11-10-4/h2-3,9H2,1H3,(H2,8,11). The fourth-order valence-corrected chi connectivity index (χ4v) is 0.925. The molecule has 0 unspecified atom stereocenters. The molecule has 0 fully saturated rings. The molecule has 82 valence electrons. The Kier molecular flexibility index (Phi) is 3.21. The number of nitrogen functional groups attached to an aromatic ring is 2. The highest BCUT2D eigenvalue weighted by atomic mass is 16.5. The molecule has 1 aromatic rings. The molecule has 1 aromatic heterocycles. The number of aryl methyl sites for hydroxylation is 1. The number of hydrogen-bond acceptors (Lipinski definition) is 7. The summed E-state index contributed by atoms with van der Waals surface area (Å²) in [6.07, 6.45) is 0.167. The van der Waals surface area contributed by atoms with Crippen LogP contribution in [0.2, 0.25) is 0 Å². The summed E-state index contributed by atoms with van der Waals surface area (Å²) in [5.41, 5.74) is 4.76. The topological polar surface area (TPSA) is 126 Å². The number of ether oxygens (including phenoxy) is 1. The monoisotopic (exact) mass is 213 g/mol. The van der Waals surface area contributed by atoms with Crippen LogP contribution in [0.4, 0.5) is 5.95 Å². The van der Waals surface area contributed by atoms with Crippen molar-refractivity contribution in [3.8, 4) is 0 Å². The van der Waals surface area contributed by atoms with Crippen LogP contribution in [-0.4, -0.2) is 28.0 Å². The molecule has 0 aromatic carbocycles. The normalized spacial score (nSPS) is 9.93. The van der Waals surface area contributed by atoms with Crippen molar-refractivity contribution in [3.63, 3.8) is 0 Å². The molecule has 15 heavy (non-hydrogen) atoms. The summed E-state index contributed by atoms with van der Waals surface area (Å²) in [7, 11) is 1.26. The fourth-order valence-electron chi connectivity index (χ4n) is 0.925. The van der Waals surface area contributed by atoms with Gasteiger partial charge in [-0.05, 0) is 0 Å². The van der Waals surface area contributed by atoms with E-state index in [1.807, 2.05) is 0 Å². The van der Waals surface area contributed by atoms with Gasteiger partial charge in [0, 0.05) is 6.42 Å². The van der Waals surface area contributed by atoms with E-state index in [1.54, 1.807) is 0 Å². The predicted molar refractivity (Wildman–Crippen MR) is 51.2 cm³/mol. The van der Waals surface area contributed by atoms with Crippen LogP contribution in [0.1, 0.15) is 12.1 Å². The van der Waals surface area contributed by atoms with E-state index in [0.717, 1.165) is 0 Å². The Morgan fingerprint density at radius 2 is 2.20 bits per heavy atom. The van der Waals surface area contributed by atoms with Crippen LogP contribution in [0.5, 0.6) is 0 Å². The highest BCUT2D eigenvalue weighted by Crippen LogP contribution is 1.94. The van der Waals surface area contributed by atoms with Gasteiger partial charge in [-0.25, -0.2) is 0 Å². The maximum absolute atomic E-state index is 11.4. The Morgan fingerprint density at radius 3 is 2.80 bits per heavy atom. The second-order valence-electron chi connectivity index (χ2n) is 2.76. The lowest BCUT2D eigenvalue weighted by atomic mass is 10.2. The Bertz CT molecular complexity index is 427. The molecule has 0 spiro atoms. The summed E-state index contributed by atoms with van der Waals surface area (Å²) < 4.78 is 5.09. The first-order valence-electron chi connectivity index (χ1n) is 4.12. The molecule has 0 aliphatic heterocycles. The molecule has 4 N–H and O–H groups in total. The largest absolute Gasteiger partial charge is 0.469 e. The number of carbonyl (C=O) groups is 1. The smallest absolute Gasteiger partial charge is 0.305 e. The lowest BCUT2D eigenvalue weighted by molar-refractivity contribution is -0.140. The van der Waals surface area contributed by atoms with Gasteiger partial charge in [-0.2, -0.15) is 4.68 Å². The third kappa shape index (κ3) is 2.42. The van der Waals surface area contributed by atoms with Gasteiger partial charge < -0.3 is 16.3 Å². The molecule has 1 heterocycles. The van der Waals surface area contributed by atoms with Crippen LogP contribution in [-0.2, 0) is 16.0 Å². The molecule has 8 nitrogen and oxygen atoms in total. The third-order valence-electron chi connectivity index (χ3n) is 1.78. The van der Waals surface area contributed by atoms with Gasteiger partial charge >= 0.3 is 5.97 Å². The van der Waals surface area contributed by atoms with E-state index in [9.17, 15) is 9.59 Å². The van der Waals surface area contributed by atoms with E-state index in [0.29, 0.717) is 4.68 Å². The van der Waals surface area contributed by atoms with E-state index in [1.165, 1.54) is 7.11 Å². The van der Waals surface area contributed by atoms with Crippen molar-refractivity contribution in [1.82, 2.24) is 14.9 Å². The van der Waals surface area contributed by atoms with Crippen molar-refractivity contribution in [1.29, 1.82) is 0 Å². The van der Waals surface area contributed by atoms with E-state index in [-0.39, 0.29) is 24.5 Å². The van der Waals surface area contributed by atoms with Crippen LogP contribution in [0.3, 0.4) is 0 Å². The maximum Gasteiger partial charge on any atom is 0.305 e. The molecule has 0 saturated carbocycles. The van der Waals surface area contributed by atoms with Gasteiger partial charge in [-0.1, -0.05) is 0 Å². The fraction of sp³-hybridized carbons (Fsp3) is 0.429. The molecule has 0 aliphatic carbocycles. The molecule has 0 saturated heterocycles. The summed E-state index contributed by atoms with van der Waals surface area (Å²) >= 11 is 0. The van der Waals surface area contributed by atoms with Gasteiger partial charge in [0.15, 0.2) is 0 Å². The minimum atomic E-state index is -0.564. The quantitative estimate of drug-likeness (QED) is 0.441. The Labute approximate surface area is 84.8 Å². The van der Waals surface area contributed by atoms with Crippen molar-refractivity contribution in [2.45, 2.75) is 12.8 Å². The molecule has 1 rings (SSSR count). The van der Waals surface area contributed by atoms with Crippen LogP contribution in [0.15, 0.2) is 4.79 Å². The maximum atomic E-state index is 11.4. The number of anilines is 1. The van der Waals surface area contributed by atoms with E-state index < -0.39 is 11.5 Å². The van der Waals surface area contributed by atoms with Crippen molar-refractivity contribution in [2.24, 2.45) is 0 Å². The first kappa shape index (κ1) is 11.0. The third-order valence-corrected chi connectivity index (χ3v) is 1.78. The second kappa shape index (κ2) is 4.40. The summed E-state index contributed by atoms with van der Waals surface area (Å²) in [5, 5.41) is 7.01. The summed E-state index contributed by atoms with van der Waals surface area (Å²) in [5.74, 6) is 4.67. The van der Waals surface area contributed by atoms with Gasteiger partial charge in [0.05, 0.1) is 13.5 Å². The van der Waals surface area contributed by atoms with Crippen molar-refractivity contribution in [3.05, 3.63) is 16.0 Å². The minimum Gasteiger partial charge on any atom is -0.469 e. The number of carbonyl (C=O) groups excluding carboxylic acids is 1. The molecule has 0 atom stereocenters. The molecule has 0 aliphatic rings. The van der Waals surface area contributed by atoms with E-state index >= 15 is 0 Å². The highest BCUT2D eigenvalue weighted by molar-refractivity contribution is 5.69. The van der Waals surface area contributed by atoms with Crippen molar-refractivity contribution >= 4 is 11.9 Å². The highest BCUT2D eigenvalue weighted by Gasteiger charge is 2.10. The zero-order chi connectivity index (χ0) is 11.4. The number of aromatic nitrogens is 3. The van der Waals surface area contributed by atoms with Crippen molar-refractivity contribution < 1.29 is 9.53 Å².